The molecule has 2 saturated heterocycles. The highest BCUT2D eigenvalue weighted by Crippen LogP contribution is 2.14. The van der Waals surface area contributed by atoms with Crippen LogP contribution in [0.25, 0.3) is 0 Å². The maximum Gasteiger partial charge on any atom is 0.102 e. The van der Waals surface area contributed by atoms with Crippen LogP contribution in [0.5, 0.6) is 0 Å². The first-order valence-electron chi connectivity index (χ1n) is 10.4. The van der Waals surface area contributed by atoms with Crippen LogP contribution in [-0.4, -0.2) is 88.8 Å². The second kappa shape index (κ2) is 14.7. The molecule has 0 atom stereocenters. The lowest BCUT2D eigenvalue weighted by Gasteiger charge is -2.37. The molecule has 2 rings (SSSR count). The lowest BCUT2D eigenvalue weighted by atomic mass is 10.1. The molecule has 0 aromatic carbocycles. The van der Waals surface area contributed by atoms with Crippen molar-refractivity contribution in [3.63, 3.8) is 0 Å². The number of rotatable bonds is 11. The smallest absolute Gasteiger partial charge is 0.102 e. The summed E-state index contributed by atoms with van der Waals surface area (Å²) in [5.41, 5.74) is 0. The lowest BCUT2D eigenvalue weighted by Crippen LogP contribution is -3.00. The van der Waals surface area contributed by atoms with Gasteiger partial charge in [-0.05, 0) is 25.7 Å². The van der Waals surface area contributed by atoms with Gasteiger partial charge in [0, 0.05) is 0 Å². The average molecular weight is 502 g/mol. The Labute approximate surface area is 183 Å². The predicted molar refractivity (Wildman–Crippen MR) is 100 cm³/mol. The molecule has 0 N–H and O–H groups in total. The first-order valence-corrected chi connectivity index (χ1v) is 10.4. The number of halogens is 2. The summed E-state index contributed by atoms with van der Waals surface area (Å²) in [5, 5.41) is 0. The number of likely N-dealkylation sites (N-methyl/N-ethyl adjacent to an activating group) is 2. The molecule has 2 aliphatic heterocycles. The Bertz CT molecular complexity index is 302. The van der Waals surface area contributed by atoms with E-state index in [-0.39, 0.29) is 34.0 Å². The quantitative estimate of drug-likeness (QED) is 0.223. The Morgan fingerprint density at radius 3 is 1.08 bits per heavy atom. The van der Waals surface area contributed by atoms with Gasteiger partial charge in [-0.1, -0.05) is 25.7 Å². The normalized spacial score (nSPS) is 21.5. The fourth-order valence-corrected chi connectivity index (χ4v) is 4.06. The Balaban J connectivity index is 0.00000312. The number of hydrogen-bond acceptors (Lipinski definition) is 2. The standard InChI is InChI=1S/C20H42N2O2.2BrH/c1-21(13-17-23-18-14-21)11-9-7-5-3-4-6-8-10-12-22(2)15-19-24-20-16-22;;/h3-20H2,1-2H3;2*1H/q+2;;/p-2. The SMILES string of the molecule is C[N+]1(CCCCCCCCCC[N+]2(C)CCOCC2)CCOCC1.[Br-].[Br-]. The van der Waals surface area contributed by atoms with Crippen LogP contribution in [-0.2, 0) is 9.47 Å². The zero-order chi connectivity index (χ0) is 17.1. The molecule has 0 saturated carbocycles. The lowest BCUT2D eigenvalue weighted by molar-refractivity contribution is -0.917. The molecule has 0 spiro atoms. The monoisotopic (exact) mass is 500 g/mol. The van der Waals surface area contributed by atoms with Crippen LogP contribution < -0.4 is 34.0 Å². The van der Waals surface area contributed by atoms with Gasteiger partial charge in [-0.15, -0.1) is 0 Å². The van der Waals surface area contributed by atoms with Gasteiger partial charge < -0.3 is 52.4 Å². The highest BCUT2D eigenvalue weighted by atomic mass is 79.9. The summed E-state index contributed by atoms with van der Waals surface area (Å²) in [5.74, 6) is 0. The van der Waals surface area contributed by atoms with Crippen LogP contribution in [0.15, 0.2) is 0 Å². The Hall–Kier alpha value is 0.800. The molecule has 2 fully saturated rings. The van der Waals surface area contributed by atoms with Crippen molar-refractivity contribution in [1.82, 2.24) is 0 Å². The average Bonchev–Trinajstić information content (AvgIpc) is 2.58. The maximum absolute atomic E-state index is 5.48. The minimum absolute atomic E-state index is 0. The second-order valence-electron chi connectivity index (χ2n) is 8.63. The van der Waals surface area contributed by atoms with E-state index >= 15 is 0 Å². The summed E-state index contributed by atoms with van der Waals surface area (Å²) in [6, 6.07) is 0. The van der Waals surface area contributed by atoms with Gasteiger partial charge in [-0.25, -0.2) is 0 Å². The largest absolute Gasteiger partial charge is 1.00 e. The third kappa shape index (κ3) is 11.0. The molecule has 26 heavy (non-hydrogen) atoms. The van der Waals surface area contributed by atoms with Crippen molar-refractivity contribution in [3.8, 4) is 0 Å². The van der Waals surface area contributed by atoms with Crippen LogP contribution in [0.2, 0.25) is 0 Å². The van der Waals surface area contributed by atoms with Crippen molar-refractivity contribution < 1.29 is 52.4 Å². The fourth-order valence-electron chi connectivity index (χ4n) is 4.06. The molecule has 0 unspecified atom stereocenters. The highest BCUT2D eigenvalue weighted by Gasteiger charge is 2.25. The summed E-state index contributed by atoms with van der Waals surface area (Å²) in [6.07, 6.45) is 11.4. The first kappa shape index (κ1) is 26.8. The molecule has 2 aliphatic rings. The van der Waals surface area contributed by atoms with Crippen LogP contribution in [0.4, 0.5) is 0 Å². The van der Waals surface area contributed by atoms with Gasteiger partial charge in [0.25, 0.3) is 0 Å². The van der Waals surface area contributed by atoms with Crippen molar-refractivity contribution in [2.24, 2.45) is 0 Å². The molecule has 0 aromatic rings. The van der Waals surface area contributed by atoms with E-state index in [0.717, 1.165) is 26.4 Å². The molecule has 0 aromatic heterocycles. The van der Waals surface area contributed by atoms with Gasteiger partial charge in [0.15, 0.2) is 0 Å². The third-order valence-electron chi connectivity index (χ3n) is 6.25. The van der Waals surface area contributed by atoms with E-state index in [1.165, 1.54) is 99.6 Å². The zero-order valence-corrected chi connectivity index (χ0v) is 20.4. The number of hydrogen-bond donors (Lipinski definition) is 0. The van der Waals surface area contributed by atoms with Gasteiger partial charge >= 0.3 is 0 Å². The van der Waals surface area contributed by atoms with Crippen LogP contribution >= 0.6 is 0 Å². The van der Waals surface area contributed by atoms with E-state index in [1.807, 2.05) is 0 Å². The second-order valence-corrected chi connectivity index (χ2v) is 8.63. The van der Waals surface area contributed by atoms with E-state index in [4.69, 9.17) is 9.47 Å². The number of morpholine rings is 2. The van der Waals surface area contributed by atoms with Crippen LogP contribution in [0.3, 0.4) is 0 Å². The van der Waals surface area contributed by atoms with Crippen molar-refractivity contribution in [2.45, 2.75) is 51.4 Å². The summed E-state index contributed by atoms with van der Waals surface area (Å²) in [7, 11) is 4.81. The summed E-state index contributed by atoms with van der Waals surface area (Å²) in [4.78, 5) is 0. The van der Waals surface area contributed by atoms with Crippen LogP contribution in [0, 0.1) is 0 Å². The molecule has 2 heterocycles. The molecule has 0 radical (unpaired) electrons. The van der Waals surface area contributed by atoms with E-state index < -0.39 is 0 Å². The molecule has 158 valence electrons. The minimum atomic E-state index is 0. The molecule has 6 heteroatoms. The number of quaternary nitrogens is 2. The third-order valence-corrected chi connectivity index (χ3v) is 6.25. The van der Waals surface area contributed by atoms with Crippen LogP contribution in [0.1, 0.15) is 51.4 Å². The molecular weight excluding hydrogens is 460 g/mol. The number of nitrogens with zero attached hydrogens (tertiary/aromatic N) is 2. The van der Waals surface area contributed by atoms with E-state index in [2.05, 4.69) is 14.1 Å². The zero-order valence-electron chi connectivity index (χ0n) is 17.2. The minimum Gasteiger partial charge on any atom is -1.00 e. The summed E-state index contributed by atoms with van der Waals surface area (Å²) >= 11 is 0. The van der Waals surface area contributed by atoms with Gasteiger partial charge in [0.2, 0.25) is 0 Å². The summed E-state index contributed by atoms with van der Waals surface area (Å²) in [6.45, 7) is 11.4. The Morgan fingerprint density at radius 2 is 0.769 bits per heavy atom. The maximum atomic E-state index is 5.48. The van der Waals surface area contributed by atoms with Gasteiger partial charge in [-0.2, -0.15) is 0 Å². The Morgan fingerprint density at radius 1 is 0.500 bits per heavy atom. The van der Waals surface area contributed by atoms with Crippen molar-refractivity contribution in [1.29, 1.82) is 0 Å². The van der Waals surface area contributed by atoms with Gasteiger partial charge in [-0.3, -0.25) is 0 Å². The number of unbranched alkanes of at least 4 members (excludes halogenated alkanes) is 7. The van der Waals surface area contributed by atoms with Gasteiger partial charge in [0.05, 0.1) is 53.6 Å². The number of ether oxygens (including phenoxy) is 2. The van der Waals surface area contributed by atoms with E-state index in [1.54, 1.807) is 0 Å². The molecule has 0 amide bonds. The molecule has 0 bridgehead atoms. The summed E-state index contributed by atoms with van der Waals surface area (Å²) < 4.78 is 13.4. The Kier molecular flexibility index (Phi) is 15.2. The molecular formula is C20H42Br2N2O2. The van der Waals surface area contributed by atoms with Crippen molar-refractivity contribution in [2.75, 3.05) is 79.8 Å². The topological polar surface area (TPSA) is 18.5 Å². The van der Waals surface area contributed by atoms with Crippen molar-refractivity contribution in [3.05, 3.63) is 0 Å². The first-order chi connectivity index (χ1) is 11.6. The fraction of sp³-hybridized carbons (Fsp3) is 1.00. The van der Waals surface area contributed by atoms with E-state index in [0.29, 0.717) is 0 Å². The van der Waals surface area contributed by atoms with Crippen molar-refractivity contribution >= 4 is 0 Å². The predicted octanol–water partition coefficient (Wildman–Crippen LogP) is -2.93. The highest BCUT2D eigenvalue weighted by molar-refractivity contribution is 4.52. The molecule has 4 nitrogen and oxygen atoms in total. The van der Waals surface area contributed by atoms with E-state index in [9.17, 15) is 0 Å². The molecule has 0 aliphatic carbocycles. The van der Waals surface area contributed by atoms with Gasteiger partial charge in [0.1, 0.15) is 26.2 Å².